The van der Waals surface area contributed by atoms with Gasteiger partial charge in [0.1, 0.15) is 11.8 Å². The van der Waals surface area contributed by atoms with Gasteiger partial charge in [0.15, 0.2) is 0 Å². The molecule has 15 heavy (non-hydrogen) atoms. The molecule has 1 unspecified atom stereocenters. The average Bonchev–Trinajstić information content (AvgIpc) is 2.63. The summed E-state index contributed by atoms with van der Waals surface area (Å²) in [6, 6.07) is -0.715. The predicted octanol–water partition coefficient (Wildman–Crippen LogP) is 0.898. The van der Waals surface area contributed by atoms with Crippen LogP contribution in [0, 0.1) is 6.92 Å². The predicted molar refractivity (Wildman–Crippen MR) is 56.1 cm³/mol. The number of hydrogen-bond donors (Lipinski definition) is 2. The zero-order chi connectivity index (χ0) is 11.4. The van der Waals surface area contributed by atoms with Crippen molar-refractivity contribution >= 4 is 5.91 Å². The summed E-state index contributed by atoms with van der Waals surface area (Å²) in [4.78, 5) is 15.5. The van der Waals surface area contributed by atoms with Gasteiger partial charge in [0.05, 0.1) is 12.2 Å². The normalized spacial score (nSPS) is 14.7. The van der Waals surface area contributed by atoms with Crippen LogP contribution in [0.1, 0.15) is 38.0 Å². The van der Waals surface area contributed by atoms with Crippen LogP contribution in [-0.2, 0) is 4.79 Å². The molecule has 84 valence electrons. The average molecular weight is 211 g/mol. The van der Waals surface area contributed by atoms with Crippen molar-refractivity contribution in [1.29, 1.82) is 0 Å². The summed E-state index contributed by atoms with van der Waals surface area (Å²) < 4.78 is 5.29. The van der Waals surface area contributed by atoms with Crippen molar-refractivity contribution in [3.63, 3.8) is 0 Å². The van der Waals surface area contributed by atoms with Gasteiger partial charge in [-0.2, -0.15) is 0 Å². The standard InChI is InChI=1S/C10H17N3O2/c1-4-8(11)9(14)13-7(3)10-12-5-6(2)15-10/h5,7-8H,4,11H2,1-3H3,(H,13,14)/t7?,8-/m0/s1. The second-order valence-corrected chi connectivity index (χ2v) is 3.55. The summed E-state index contributed by atoms with van der Waals surface area (Å²) in [5, 5.41) is 2.74. The minimum absolute atomic E-state index is 0.180. The molecule has 5 nitrogen and oxygen atoms in total. The summed E-state index contributed by atoms with van der Waals surface area (Å²) in [6.45, 7) is 5.48. The zero-order valence-electron chi connectivity index (χ0n) is 9.28. The van der Waals surface area contributed by atoms with E-state index in [0.29, 0.717) is 12.3 Å². The number of nitrogens with zero attached hydrogens (tertiary/aromatic N) is 1. The van der Waals surface area contributed by atoms with Gasteiger partial charge in [0.2, 0.25) is 11.8 Å². The summed E-state index contributed by atoms with van der Waals surface area (Å²) in [7, 11) is 0. The zero-order valence-corrected chi connectivity index (χ0v) is 9.28. The third kappa shape index (κ3) is 3.06. The van der Waals surface area contributed by atoms with Crippen LogP contribution in [0.25, 0.3) is 0 Å². The molecule has 0 aliphatic carbocycles. The number of aromatic nitrogens is 1. The van der Waals surface area contributed by atoms with Gasteiger partial charge in [-0.15, -0.1) is 0 Å². The number of aryl methyl sites for hydroxylation is 1. The maximum atomic E-state index is 11.5. The molecule has 0 saturated carbocycles. The summed E-state index contributed by atoms with van der Waals surface area (Å²) in [6.07, 6.45) is 2.24. The van der Waals surface area contributed by atoms with Gasteiger partial charge in [-0.05, 0) is 20.3 Å². The Bertz CT molecular complexity index is 335. The smallest absolute Gasteiger partial charge is 0.237 e. The van der Waals surface area contributed by atoms with E-state index in [1.165, 1.54) is 0 Å². The highest BCUT2D eigenvalue weighted by Crippen LogP contribution is 2.11. The Balaban J connectivity index is 2.56. The molecule has 0 aliphatic rings. The molecule has 0 saturated heterocycles. The second kappa shape index (κ2) is 4.93. The van der Waals surface area contributed by atoms with E-state index in [0.717, 1.165) is 5.76 Å². The first-order chi connectivity index (χ1) is 7.04. The first kappa shape index (κ1) is 11.7. The van der Waals surface area contributed by atoms with Crippen molar-refractivity contribution < 1.29 is 9.21 Å². The summed E-state index contributed by atoms with van der Waals surface area (Å²) in [5.74, 6) is 1.05. The van der Waals surface area contributed by atoms with Crippen LogP contribution in [-0.4, -0.2) is 16.9 Å². The van der Waals surface area contributed by atoms with E-state index in [9.17, 15) is 4.79 Å². The molecule has 0 spiro atoms. The van der Waals surface area contributed by atoms with Crippen LogP contribution in [0.3, 0.4) is 0 Å². The van der Waals surface area contributed by atoms with Crippen molar-refractivity contribution in [3.05, 3.63) is 17.8 Å². The molecule has 1 heterocycles. The number of nitrogens with two attached hydrogens (primary N) is 1. The Hall–Kier alpha value is -1.36. The third-order valence-electron chi connectivity index (χ3n) is 2.14. The van der Waals surface area contributed by atoms with Gasteiger partial charge in [0, 0.05) is 0 Å². The lowest BCUT2D eigenvalue weighted by molar-refractivity contribution is -0.123. The molecule has 0 fully saturated rings. The maximum absolute atomic E-state index is 11.5. The fraction of sp³-hybridized carbons (Fsp3) is 0.600. The molecule has 0 radical (unpaired) electrons. The highest BCUT2D eigenvalue weighted by Gasteiger charge is 2.17. The van der Waals surface area contributed by atoms with Gasteiger partial charge in [-0.3, -0.25) is 4.79 Å². The van der Waals surface area contributed by atoms with Gasteiger partial charge in [-0.25, -0.2) is 4.98 Å². The molecule has 1 amide bonds. The van der Waals surface area contributed by atoms with Crippen LogP contribution in [0.5, 0.6) is 0 Å². The van der Waals surface area contributed by atoms with Crippen LogP contribution >= 0.6 is 0 Å². The van der Waals surface area contributed by atoms with E-state index >= 15 is 0 Å². The van der Waals surface area contributed by atoms with E-state index in [1.54, 1.807) is 6.20 Å². The Labute approximate surface area is 89.1 Å². The van der Waals surface area contributed by atoms with E-state index < -0.39 is 6.04 Å². The van der Waals surface area contributed by atoms with Crippen molar-refractivity contribution in [2.45, 2.75) is 39.3 Å². The van der Waals surface area contributed by atoms with Gasteiger partial charge in [-0.1, -0.05) is 6.92 Å². The molecule has 0 bridgehead atoms. The highest BCUT2D eigenvalue weighted by atomic mass is 16.4. The minimum Gasteiger partial charge on any atom is -0.444 e. The summed E-state index contributed by atoms with van der Waals surface area (Å²) >= 11 is 0. The lowest BCUT2D eigenvalue weighted by Crippen LogP contribution is -2.41. The topological polar surface area (TPSA) is 81.2 Å². The minimum atomic E-state index is -0.469. The largest absolute Gasteiger partial charge is 0.444 e. The van der Waals surface area contributed by atoms with Gasteiger partial charge < -0.3 is 15.5 Å². The Morgan fingerprint density at radius 3 is 2.87 bits per heavy atom. The van der Waals surface area contributed by atoms with Crippen molar-refractivity contribution in [2.24, 2.45) is 5.73 Å². The lowest BCUT2D eigenvalue weighted by atomic mass is 10.2. The fourth-order valence-electron chi connectivity index (χ4n) is 1.14. The first-order valence-electron chi connectivity index (χ1n) is 5.02. The lowest BCUT2D eigenvalue weighted by Gasteiger charge is -2.13. The van der Waals surface area contributed by atoms with Crippen LogP contribution in [0.15, 0.2) is 10.6 Å². The first-order valence-corrected chi connectivity index (χ1v) is 5.02. The van der Waals surface area contributed by atoms with Crippen molar-refractivity contribution in [2.75, 3.05) is 0 Å². The molecular weight excluding hydrogens is 194 g/mol. The Morgan fingerprint density at radius 2 is 2.40 bits per heavy atom. The highest BCUT2D eigenvalue weighted by molar-refractivity contribution is 5.81. The molecule has 1 aromatic heterocycles. The molecule has 2 atom stereocenters. The molecule has 1 rings (SSSR count). The van der Waals surface area contributed by atoms with Crippen molar-refractivity contribution in [1.82, 2.24) is 10.3 Å². The van der Waals surface area contributed by atoms with E-state index in [2.05, 4.69) is 10.3 Å². The number of amides is 1. The Kier molecular flexibility index (Phi) is 3.85. The van der Waals surface area contributed by atoms with E-state index in [1.807, 2.05) is 20.8 Å². The van der Waals surface area contributed by atoms with Crippen LogP contribution in [0.2, 0.25) is 0 Å². The van der Waals surface area contributed by atoms with E-state index in [-0.39, 0.29) is 11.9 Å². The number of carbonyl (C=O) groups excluding carboxylic acids is 1. The molecular formula is C10H17N3O2. The number of oxazole rings is 1. The number of rotatable bonds is 4. The number of hydrogen-bond acceptors (Lipinski definition) is 4. The molecule has 5 heteroatoms. The molecule has 0 aliphatic heterocycles. The molecule has 1 aromatic rings. The maximum Gasteiger partial charge on any atom is 0.237 e. The molecule has 0 aromatic carbocycles. The number of carbonyl (C=O) groups is 1. The quantitative estimate of drug-likeness (QED) is 0.775. The molecule has 3 N–H and O–H groups in total. The number of nitrogens with one attached hydrogen (secondary N) is 1. The van der Waals surface area contributed by atoms with Crippen molar-refractivity contribution in [3.8, 4) is 0 Å². The Morgan fingerprint density at radius 1 is 1.73 bits per heavy atom. The van der Waals surface area contributed by atoms with Crippen LogP contribution < -0.4 is 11.1 Å². The second-order valence-electron chi connectivity index (χ2n) is 3.55. The fourth-order valence-corrected chi connectivity index (χ4v) is 1.14. The van der Waals surface area contributed by atoms with Crippen LogP contribution in [0.4, 0.5) is 0 Å². The third-order valence-corrected chi connectivity index (χ3v) is 2.14. The SMILES string of the molecule is CC[C@H](N)C(=O)NC(C)c1ncc(C)o1. The summed E-state index contributed by atoms with van der Waals surface area (Å²) in [5.41, 5.74) is 5.59. The van der Waals surface area contributed by atoms with Gasteiger partial charge >= 0.3 is 0 Å². The van der Waals surface area contributed by atoms with E-state index in [4.69, 9.17) is 10.2 Å². The monoisotopic (exact) mass is 211 g/mol. The van der Waals surface area contributed by atoms with Gasteiger partial charge in [0.25, 0.3) is 0 Å².